The van der Waals surface area contributed by atoms with Gasteiger partial charge >= 0.3 is 0 Å². The number of amides is 1. The summed E-state index contributed by atoms with van der Waals surface area (Å²) in [6.07, 6.45) is 1.62. The molecule has 10 heteroatoms. The molecule has 1 amide bonds. The number of hydrogen-bond acceptors (Lipinski definition) is 6. The summed E-state index contributed by atoms with van der Waals surface area (Å²) in [4.78, 5) is 24.6. The summed E-state index contributed by atoms with van der Waals surface area (Å²) < 4.78 is 4.28. The Morgan fingerprint density at radius 2 is 2.00 bits per heavy atom. The van der Waals surface area contributed by atoms with E-state index in [0.29, 0.717) is 22.0 Å². The minimum absolute atomic E-state index is 0.0357. The van der Waals surface area contributed by atoms with Gasteiger partial charge in [-0.25, -0.2) is 14.5 Å². The second kappa shape index (κ2) is 5.85. The number of carbonyl (C=O) groups excluding carboxylic acids is 1. The molecule has 0 saturated carbocycles. The Morgan fingerprint density at radius 1 is 1.27 bits per heavy atom. The predicted octanol–water partition coefficient (Wildman–Crippen LogP) is 2.82. The molecule has 0 unspecified atom stereocenters. The first-order chi connectivity index (χ1) is 12.3. The van der Waals surface area contributed by atoms with Gasteiger partial charge in [-0.15, -0.1) is 16.4 Å². The molecule has 26 heavy (non-hydrogen) atoms. The molecule has 0 aliphatic carbocycles. The molecular weight excluding hydrogens is 418 g/mol. The molecule has 4 heterocycles. The lowest BCUT2D eigenvalue weighted by molar-refractivity contribution is 0.0831. The predicted molar refractivity (Wildman–Crippen MR) is 104 cm³/mol. The summed E-state index contributed by atoms with van der Waals surface area (Å²) in [6.45, 7) is 3.89. The van der Waals surface area contributed by atoms with Crippen LogP contribution in [0.1, 0.15) is 20.9 Å². The van der Waals surface area contributed by atoms with Gasteiger partial charge < -0.3 is 4.90 Å². The Kier molecular flexibility index (Phi) is 3.85. The quantitative estimate of drug-likeness (QED) is 0.485. The van der Waals surface area contributed by atoms with E-state index in [1.54, 1.807) is 34.5 Å². The molecule has 134 valence electrons. The molecule has 0 N–H and O–H groups in total. The highest BCUT2D eigenvalue weighted by Gasteiger charge is 2.23. The van der Waals surface area contributed by atoms with Crippen LogP contribution < -0.4 is 0 Å². The van der Waals surface area contributed by atoms with Crippen LogP contribution in [0.4, 0.5) is 0 Å². The van der Waals surface area contributed by atoms with Crippen LogP contribution in [0.15, 0.2) is 10.8 Å². The summed E-state index contributed by atoms with van der Waals surface area (Å²) in [6, 6.07) is 0. The summed E-state index contributed by atoms with van der Waals surface area (Å²) >= 11 is 4.94. The van der Waals surface area contributed by atoms with Crippen molar-refractivity contribution in [3.8, 4) is 11.5 Å². The highest BCUT2D eigenvalue weighted by atomic mass is 79.9. The second-order valence-electron chi connectivity index (χ2n) is 6.26. The minimum atomic E-state index is -0.0357. The van der Waals surface area contributed by atoms with Crippen molar-refractivity contribution in [2.24, 2.45) is 7.05 Å². The monoisotopic (exact) mass is 433 g/mol. The molecule has 0 bridgehead atoms. The van der Waals surface area contributed by atoms with Crippen molar-refractivity contribution in [1.82, 2.24) is 34.3 Å². The average Bonchev–Trinajstić information content (AvgIpc) is 3.24. The molecular formula is C16H16BrN7OS. The standard InChI is InChI=1S/C16H16BrN7OS/c1-7-9-14-19-13(11-10(17)8(2)23(5)20-11)21-24(14)6-18-15(9)26-12(7)16(25)22(3)4/h6H,1-5H3. The number of halogens is 1. The third-order valence-electron chi connectivity index (χ3n) is 4.34. The Hall–Kier alpha value is -2.33. The normalized spacial score (nSPS) is 11.6. The number of hydrogen-bond donors (Lipinski definition) is 0. The first-order valence-corrected chi connectivity index (χ1v) is 9.46. The zero-order valence-electron chi connectivity index (χ0n) is 14.9. The van der Waals surface area contributed by atoms with Crippen LogP contribution >= 0.6 is 27.3 Å². The van der Waals surface area contributed by atoms with Crippen molar-refractivity contribution in [2.45, 2.75) is 13.8 Å². The maximum atomic E-state index is 12.4. The summed E-state index contributed by atoms with van der Waals surface area (Å²) in [5, 5.41) is 9.86. The van der Waals surface area contributed by atoms with Crippen LogP contribution in [-0.4, -0.2) is 54.3 Å². The van der Waals surface area contributed by atoms with Crippen molar-refractivity contribution in [2.75, 3.05) is 14.1 Å². The van der Waals surface area contributed by atoms with Gasteiger partial charge in [0, 0.05) is 26.8 Å². The van der Waals surface area contributed by atoms with Crippen molar-refractivity contribution in [3.05, 3.63) is 26.9 Å². The van der Waals surface area contributed by atoms with E-state index in [1.165, 1.54) is 11.3 Å². The number of carbonyl (C=O) groups is 1. The van der Waals surface area contributed by atoms with E-state index in [4.69, 9.17) is 4.98 Å². The zero-order valence-corrected chi connectivity index (χ0v) is 17.3. The van der Waals surface area contributed by atoms with E-state index in [-0.39, 0.29) is 5.91 Å². The van der Waals surface area contributed by atoms with Gasteiger partial charge in [-0.1, -0.05) is 0 Å². The van der Waals surface area contributed by atoms with Crippen LogP contribution in [-0.2, 0) is 7.05 Å². The molecule has 0 aromatic carbocycles. The van der Waals surface area contributed by atoms with Crippen LogP contribution in [0.5, 0.6) is 0 Å². The molecule has 0 fully saturated rings. The molecule has 0 radical (unpaired) electrons. The molecule has 0 atom stereocenters. The highest BCUT2D eigenvalue weighted by Crippen LogP contribution is 2.34. The fourth-order valence-corrected chi connectivity index (χ4v) is 4.44. The van der Waals surface area contributed by atoms with Crippen molar-refractivity contribution >= 4 is 49.0 Å². The minimum Gasteiger partial charge on any atom is -0.344 e. The van der Waals surface area contributed by atoms with Crippen LogP contribution in [0.3, 0.4) is 0 Å². The lowest BCUT2D eigenvalue weighted by atomic mass is 10.2. The van der Waals surface area contributed by atoms with Gasteiger partial charge in [0.25, 0.3) is 5.91 Å². The number of rotatable bonds is 2. The summed E-state index contributed by atoms with van der Waals surface area (Å²) in [5.74, 6) is 0.479. The van der Waals surface area contributed by atoms with Gasteiger partial charge in [0.1, 0.15) is 16.9 Å². The molecule has 8 nitrogen and oxygen atoms in total. The first kappa shape index (κ1) is 17.1. The van der Waals surface area contributed by atoms with Gasteiger partial charge in [0.15, 0.2) is 5.65 Å². The third kappa shape index (κ3) is 2.36. The van der Waals surface area contributed by atoms with E-state index < -0.39 is 0 Å². The molecule has 4 rings (SSSR count). The molecule has 4 aromatic heterocycles. The Labute approximate surface area is 161 Å². The van der Waals surface area contributed by atoms with Crippen molar-refractivity contribution in [1.29, 1.82) is 0 Å². The van der Waals surface area contributed by atoms with Gasteiger partial charge in [-0.3, -0.25) is 9.48 Å². The van der Waals surface area contributed by atoms with E-state index in [9.17, 15) is 4.79 Å². The lowest BCUT2D eigenvalue weighted by Crippen LogP contribution is -2.21. The number of nitrogens with zero attached hydrogens (tertiary/aromatic N) is 7. The maximum Gasteiger partial charge on any atom is 0.263 e. The van der Waals surface area contributed by atoms with Gasteiger partial charge in [-0.05, 0) is 35.3 Å². The molecule has 0 spiro atoms. The SMILES string of the molecule is Cc1c(C(=O)N(C)C)sc2ncn3nc(-c4nn(C)c(C)c4Br)nc3c12. The number of fused-ring (bicyclic) bond motifs is 3. The first-order valence-electron chi connectivity index (χ1n) is 7.85. The summed E-state index contributed by atoms with van der Waals surface area (Å²) in [5.41, 5.74) is 3.22. The second-order valence-corrected chi connectivity index (χ2v) is 8.05. The van der Waals surface area contributed by atoms with E-state index in [2.05, 4.69) is 31.1 Å². The van der Waals surface area contributed by atoms with Crippen molar-refractivity contribution in [3.63, 3.8) is 0 Å². The number of aromatic nitrogens is 6. The fraction of sp³-hybridized carbons (Fsp3) is 0.312. The van der Waals surface area contributed by atoms with E-state index in [1.807, 2.05) is 20.9 Å². The Morgan fingerprint density at radius 3 is 2.62 bits per heavy atom. The Bertz CT molecular complexity index is 1190. The maximum absolute atomic E-state index is 12.4. The molecule has 0 saturated heterocycles. The molecule has 0 aliphatic rings. The van der Waals surface area contributed by atoms with Crippen molar-refractivity contribution < 1.29 is 4.79 Å². The fourth-order valence-electron chi connectivity index (χ4n) is 2.77. The topological polar surface area (TPSA) is 81.2 Å². The number of thiophene rings is 1. The lowest BCUT2D eigenvalue weighted by Gasteiger charge is -2.08. The van der Waals surface area contributed by atoms with Gasteiger partial charge in [0.2, 0.25) is 5.82 Å². The third-order valence-corrected chi connectivity index (χ3v) is 6.48. The average molecular weight is 434 g/mol. The highest BCUT2D eigenvalue weighted by molar-refractivity contribution is 9.10. The van der Waals surface area contributed by atoms with Crippen LogP contribution in [0.25, 0.3) is 27.4 Å². The zero-order chi connectivity index (χ0) is 18.7. The van der Waals surface area contributed by atoms with E-state index >= 15 is 0 Å². The summed E-state index contributed by atoms with van der Waals surface area (Å²) in [7, 11) is 5.36. The molecule has 4 aromatic rings. The van der Waals surface area contributed by atoms with Gasteiger partial charge in [0.05, 0.1) is 14.7 Å². The smallest absolute Gasteiger partial charge is 0.263 e. The van der Waals surface area contributed by atoms with E-state index in [0.717, 1.165) is 25.9 Å². The molecule has 0 aliphatic heterocycles. The number of aryl methyl sites for hydroxylation is 2. The van der Waals surface area contributed by atoms with Crippen LogP contribution in [0, 0.1) is 13.8 Å². The Balaban J connectivity index is 1.97. The largest absolute Gasteiger partial charge is 0.344 e. The van der Waals surface area contributed by atoms with Crippen LogP contribution in [0.2, 0.25) is 0 Å². The van der Waals surface area contributed by atoms with Gasteiger partial charge in [-0.2, -0.15) is 5.10 Å².